The van der Waals surface area contributed by atoms with Crippen LogP contribution in [0.25, 0.3) is 11.1 Å². The van der Waals surface area contributed by atoms with Gasteiger partial charge in [-0.25, -0.2) is 14.1 Å². The second-order valence-electron chi connectivity index (χ2n) is 22.4. The van der Waals surface area contributed by atoms with Gasteiger partial charge in [-0.2, -0.15) is 0 Å². The standard InChI is InChI=1S/C45H74N3O9P/c1-39(2,3)31-26-32(30-16-18-42(10,11)19-17-30)46-33-27-34(55-35(31)33)36(49)48-25-24-47(28-43(48,12)13)37(50)44(14)20-22-45(15,23-21-44)38(51)53-29-54-58(52,56-40(4,5)6)57-41(7,8)9/h26-27,30,36,49H,16-25,28-29H2,1-15H3. The van der Waals surface area contributed by atoms with Crippen molar-refractivity contribution in [1.82, 2.24) is 14.8 Å². The number of hydrogen-bond donors (Lipinski definition) is 1. The van der Waals surface area contributed by atoms with E-state index in [1.807, 2.05) is 29.7 Å². The summed E-state index contributed by atoms with van der Waals surface area (Å²) >= 11 is 0. The van der Waals surface area contributed by atoms with Gasteiger partial charge in [-0.15, -0.1) is 0 Å². The van der Waals surface area contributed by atoms with E-state index in [1.54, 1.807) is 41.5 Å². The zero-order valence-corrected chi connectivity index (χ0v) is 39.2. The van der Waals surface area contributed by atoms with Crippen molar-refractivity contribution in [3.05, 3.63) is 29.2 Å². The van der Waals surface area contributed by atoms with Crippen molar-refractivity contribution in [3.8, 4) is 0 Å². The van der Waals surface area contributed by atoms with Crippen molar-refractivity contribution >= 4 is 30.8 Å². The van der Waals surface area contributed by atoms with Crippen LogP contribution in [0.1, 0.15) is 184 Å². The van der Waals surface area contributed by atoms with Crippen LogP contribution in [0.5, 0.6) is 0 Å². The average Bonchev–Trinajstić information content (AvgIpc) is 3.50. The van der Waals surface area contributed by atoms with Crippen molar-refractivity contribution in [3.63, 3.8) is 0 Å². The van der Waals surface area contributed by atoms with E-state index in [4.69, 9.17) is 27.7 Å². The van der Waals surface area contributed by atoms with Gasteiger partial charge in [0, 0.05) is 53.8 Å². The first-order chi connectivity index (χ1) is 26.3. The summed E-state index contributed by atoms with van der Waals surface area (Å²) < 4.78 is 42.1. The molecule has 2 aromatic heterocycles. The number of carbonyl (C=O) groups excluding carboxylic acids is 2. The number of fused-ring (bicyclic) bond motifs is 1. The third-order valence-corrected chi connectivity index (χ3v) is 14.5. The molecule has 12 nitrogen and oxygen atoms in total. The van der Waals surface area contributed by atoms with E-state index < -0.39 is 54.4 Å². The number of piperazine rings is 1. The monoisotopic (exact) mass is 832 g/mol. The fourth-order valence-electron chi connectivity index (χ4n) is 8.81. The van der Waals surface area contributed by atoms with E-state index in [1.165, 1.54) is 12.8 Å². The molecule has 0 spiro atoms. The topological polar surface area (TPSA) is 141 Å². The molecule has 1 saturated heterocycles. The Morgan fingerprint density at radius 1 is 0.862 bits per heavy atom. The van der Waals surface area contributed by atoms with E-state index in [0.29, 0.717) is 62.4 Å². The van der Waals surface area contributed by atoms with Crippen molar-refractivity contribution in [2.45, 2.75) is 190 Å². The number of aliphatic hydroxyl groups excluding tert-OH is 1. The first kappa shape index (κ1) is 46.7. The maximum absolute atomic E-state index is 14.3. The number of hydrogen-bond acceptors (Lipinski definition) is 11. The Hall–Kier alpha value is -2.34. The second-order valence-corrected chi connectivity index (χ2v) is 23.9. The number of amides is 1. The molecule has 58 heavy (non-hydrogen) atoms. The summed E-state index contributed by atoms with van der Waals surface area (Å²) in [5.74, 6) is 0.446. The third kappa shape index (κ3) is 10.9. The van der Waals surface area contributed by atoms with Crippen LogP contribution in [0.4, 0.5) is 0 Å². The Bertz CT molecular complexity index is 1830. The first-order valence-electron chi connectivity index (χ1n) is 21.4. The minimum absolute atomic E-state index is 0.0504. The summed E-state index contributed by atoms with van der Waals surface area (Å²) in [6, 6.07) is 4.15. The molecule has 5 rings (SSSR count). The molecule has 328 valence electrons. The molecule has 1 aliphatic heterocycles. The predicted molar refractivity (Wildman–Crippen MR) is 226 cm³/mol. The van der Waals surface area contributed by atoms with E-state index >= 15 is 0 Å². The lowest BCUT2D eigenvalue weighted by atomic mass is 9.64. The number of rotatable bonds is 10. The SMILES string of the molecule is CC1(C)CCC(c2cc(C(C)(C)C)c3oc(C(O)N4CCN(C(=O)C5(C)CCC(C)(C(=O)OCOP(=O)(OC(C)(C)C)OC(C)(C)C)CC5)CC4(C)C)cc3n2)CC1. The fraction of sp³-hybridized carbons (Fsp3) is 0.800. The highest BCUT2D eigenvalue weighted by Crippen LogP contribution is 2.56. The van der Waals surface area contributed by atoms with Gasteiger partial charge in [0.25, 0.3) is 0 Å². The van der Waals surface area contributed by atoms with Crippen molar-refractivity contribution in [2.75, 3.05) is 26.4 Å². The lowest BCUT2D eigenvalue weighted by Crippen LogP contribution is -2.63. The van der Waals surface area contributed by atoms with E-state index in [0.717, 1.165) is 35.2 Å². The van der Waals surface area contributed by atoms with Crippen molar-refractivity contribution in [2.24, 2.45) is 16.2 Å². The number of phosphoric ester groups is 1. The van der Waals surface area contributed by atoms with Gasteiger partial charge in [-0.1, -0.05) is 41.5 Å². The molecule has 0 aromatic carbocycles. The summed E-state index contributed by atoms with van der Waals surface area (Å²) in [7, 11) is -4.05. The van der Waals surface area contributed by atoms with Gasteiger partial charge in [0.2, 0.25) is 12.7 Å². The van der Waals surface area contributed by atoms with E-state index in [-0.39, 0.29) is 11.3 Å². The van der Waals surface area contributed by atoms with E-state index in [2.05, 4.69) is 54.5 Å². The minimum atomic E-state index is -4.05. The Balaban J connectivity index is 1.22. The van der Waals surface area contributed by atoms with Gasteiger partial charge in [0.1, 0.15) is 5.52 Å². The van der Waals surface area contributed by atoms with Crippen LogP contribution in [0.3, 0.4) is 0 Å². The number of nitrogens with zero attached hydrogens (tertiary/aromatic N) is 3. The number of carbonyl (C=O) groups is 2. The molecule has 3 aliphatic rings. The Kier molecular flexibility index (Phi) is 13.0. The number of ether oxygens (including phenoxy) is 1. The van der Waals surface area contributed by atoms with Crippen LogP contribution < -0.4 is 0 Å². The van der Waals surface area contributed by atoms with Gasteiger partial charge < -0.3 is 19.2 Å². The Morgan fingerprint density at radius 2 is 1.41 bits per heavy atom. The number of aromatic nitrogens is 1. The van der Waals surface area contributed by atoms with Crippen LogP contribution in [0.2, 0.25) is 0 Å². The van der Waals surface area contributed by atoms with Crippen molar-refractivity contribution in [1.29, 1.82) is 0 Å². The molecule has 0 radical (unpaired) electrons. The quantitative estimate of drug-likeness (QED) is 0.139. The third-order valence-electron chi connectivity index (χ3n) is 12.5. The summed E-state index contributed by atoms with van der Waals surface area (Å²) in [6.45, 7) is 30.4. The highest BCUT2D eigenvalue weighted by Gasteiger charge is 2.50. The van der Waals surface area contributed by atoms with Crippen LogP contribution in [-0.4, -0.2) is 74.9 Å². The van der Waals surface area contributed by atoms with Gasteiger partial charge in [-0.3, -0.25) is 23.5 Å². The van der Waals surface area contributed by atoms with Crippen LogP contribution in [-0.2, 0) is 37.9 Å². The summed E-state index contributed by atoms with van der Waals surface area (Å²) in [6.07, 6.45) is 5.48. The predicted octanol–water partition coefficient (Wildman–Crippen LogP) is 10.6. The highest BCUT2D eigenvalue weighted by atomic mass is 31.2. The molecule has 1 atom stereocenters. The van der Waals surface area contributed by atoms with Gasteiger partial charge in [0.15, 0.2) is 17.6 Å². The van der Waals surface area contributed by atoms with Crippen LogP contribution in [0.15, 0.2) is 16.5 Å². The zero-order valence-electron chi connectivity index (χ0n) is 38.3. The Morgan fingerprint density at radius 3 is 1.93 bits per heavy atom. The minimum Gasteiger partial charge on any atom is -0.455 e. The maximum Gasteiger partial charge on any atom is 0.478 e. The normalized spacial score (nSPS) is 25.8. The molecular weight excluding hydrogens is 757 g/mol. The van der Waals surface area contributed by atoms with Crippen molar-refractivity contribution < 1.29 is 42.0 Å². The molecule has 1 N–H and O–H groups in total. The second kappa shape index (κ2) is 16.2. The fourth-order valence-corrected chi connectivity index (χ4v) is 10.5. The molecule has 3 heterocycles. The summed E-state index contributed by atoms with van der Waals surface area (Å²) in [4.78, 5) is 36.7. The number of aliphatic hydroxyl groups is 1. The number of furan rings is 1. The van der Waals surface area contributed by atoms with Gasteiger partial charge in [-0.05, 0) is 131 Å². The van der Waals surface area contributed by atoms with E-state index in [9.17, 15) is 19.3 Å². The molecule has 2 aromatic rings. The maximum atomic E-state index is 14.3. The lowest BCUT2D eigenvalue weighted by molar-refractivity contribution is -0.170. The van der Waals surface area contributed by atoms with Gasteiger partial charge in [0.05, 0.1) is 16.6 Å². The van der Waals surface area contributed by atoms with Gasteiger partial charge >= 0.3 is 13.8 Å². The van der Waals surface area contributed by atoms with Crippen LogP contribution in [0, 0.1) is 16.2 Å². The molecule has 3 fully saturated rings. The molecule has 2 aliphatic carbocycles. The largest absolute Gasteiger partial charge is 0.478 e. The molecule has 2 saturated carbocycles. The smallest absolute Gasteiger partial charge is 0.455 e. The molecular formula is C45H74N3O9P. The number of pyridine rings is 1. The van der Waals surface area contributed by atoms with Crippen LogP contribution >= 0.6 is 7.82 Å². The first-order valence-corrected chi connectivity index (χ1v) is 22.8. The highest BCUT2D eigenvalue weighted by molar-refractivity contribution is 7.48. The summed E-state index contributed by atoms with van der Waals surface area (Å²) in [5, 5.41) is 11.9. The Labute approximate surface area is 348 Å². The average molecular weight is 832 g/mol. The zero-order chi connectivity index (χ0) is 43.5. The molecule has 13 heteroatoms. The molecule has 0 bridgehead atoms. The number of esters is 1. The lowest BCUT2D eigenvalue weighted by Gasteiger charge is -2.51. The summed E-state index contributed by atoms with van der Waals surface area (Å²) in [5.41, 5.74) is 0.207. The molecule has 1 unspecified atom stereocenters. The molecule has 1 amide bonds. The number of phosphoric acid groups is 1.